The van der Waals surface area contributed by atoms with Crippen molar-refractivity contribution in [3.63, 3.8) is 0 Å². The highest BCUT2D eigenvalue weighted by Gasteiger charge is 2.20. The number of nitrogens with one attached hydrogen (secondary N) is 1. The molecular weight excluding hydrogens is 244 g/mol. The fraction of sp³-hybridized carbons (Fsp3) is 0.357. The molecule has 0 spiro atoms. The third kappa shape index (κ3) is 2.26. The van der Waals surface area contributed by atoms with Crippen molar-refractivity contribution in [1.82, 2.24) is 9.88 Å². The molecule has 0 aliphatic heterocycles. The number of thiophene rings is 1. The van der Waals surface area contributed by atoms with E-state index >= 15 is 0 Å². The van der Waals surface area contributed by atoms with Crippen LogP contribution in [0.4, 0.5) is 0 Å². The Morgan fingerprint density at radius 2 is 2.22 bits per heavy atom. The third-order valence-electron chi connectivity index (χ3n) is 3.32. The van der Waals surface area contributed by atoms with Crippen molar-refractivity contribution < 1.29 is 0 Å². The molecule has 1 saturated carbocycles. The van der Waals surface area contributed by atoms with Gasteiger partial charge in [-0.25, -0.2) is 0 Å². The first-order chi connectivity index (χ1) is 8.75. The van der Waals surface area contributed by atoms with Gasteiger partial charge in [0, 0.05) is 25.2 Å². The van der Waals surface area contributed by atoms with Gasteiger partial charge in [-0.1, -0.05) is 12.1 Å². The molecule has 94 valence electrons. The Morgan fingerprint density at radius 1 is 1.39 bits per heavy atom. The number of aromatic nitrogens is 1. The molecule has 3 nitrogen and oxygen atoms in total. The van der Waals surface area contributed by atoms with Gasteiger partial charge in [0.05, 0.1) is 10.6 Å². The first-order valence-electron chi connectivity index (χ1n) is 6.22. The second-order valence-corrected chi connectivity index (χ2v) is 5.69. The second-order valence-electron chi connectivity index (χ2n) is 4.74. The standard InChI is InChI=1S/C14H16N2OS/c1-16-12(13-3-2-8-18-13)7-4-10(14(16)17)9-15-11-5-6-11/h2-4,7-8,11,15H,5-6,9H2,1H3. The number of nitrogens with zero attached hydrogens (tertiary/aromatic N) is 1. The van der Waals surface area contributed by atoms with Gasteiger partial charge in [0.15, 0.2) is 0 Å². The Balaban J connectivity index is 1.90. The van der Waals surface area contributed by atoms with Crippen LogP contribution in [-0.4, -0.2) is 10.6 Å². The molecule has 1 aliphatic carbocycles. The van der Waals surface area contributed by atoms with Crippen LogP contribution < -0.4 is 10.9 Å². The van der Waals surface area contributed by atoms with Crippen LogP contribution in [0.1, 0.15) is 18.4 Å². The van der Waals surface area contributed by atoms with E-state index in [0.29, 0.717) is 12.6 Å². The monoisotopic (exact) mass is 260 g/mol. The van der Waals surface area contributed by atoms with E-state index < -0.39 is 0 Å². The summed E-state index contributed by atoms with van der Waals surface area (Å²) < 4.78 is 1.75. The van der Waals surface area contributed by atoms with E-state index in [1.54, 1.807) is 15.9 Å². The van der Waals surface area contributed by atoms with Crippen molar-refractivity contribution in [3.8, 4) is 10.6 Å². The van der Waals surface area contributed by atoms with Crippen LogP contribution in [0.15, 0.2) is 34.4 Å². The molecule has 0 bridgehead atoms. The number of rotatable bonds is 4. The van der Waals surface area contributed by atoms with E-state index in [1.165, 1.54) is 12.8 Å². The lowest BCUT2D eigenvalue weighted by Crippen LogP contribution is -2.27. The fourth-order valence-electron chi connectivity index (χ4n) is 2.04. The van der Waals surface area contributed by atoms with Crippen molar-refractivity contribution in [2.45, 2.75) is 25.4 Å². The molecule has 1 fully saturated rings. The second kappa shape index (κ2) is 4.71. The predicted molar refractivity (Wildman–Crippen MR) is 74.9 cm³/mol. The van der Waals surface area contributed by atoms with Crippen LogP contribution in [0.25, 0.3) is 10.6 Å². The van der Waals surface area contributed by atoms with Crippen molar-refractivity contribution in [2.75, 3.05) is 0 Å². The van der Waals surface area contributed by atoms with Gasteiger partial charge in [0.2, 0.25) is 0 Å². The van der Waals surface area contributed by atoms with E-state index in [2.05, 4.69) is 5.32 Å². The van der Waals surface area contributed by atoms with Crippen LogP contribution in [0, 0.1) is 0 Å². The van der Waals surface area contributed by atoms with Crippen LogP contribution >= 0.6 is 11.3 Å². The van der Waals surface area contributed by atoms with Crippen LogP contribution in [0.2, 0.25) is 0 Å². The molecule has 1 N–H and O–H groups in total. The Hall–Kier alpha value is -1.39. The molecule has 4 heteroatoms. The van der Waals surface area contributed by atoms with Crippen molar-refractivity contribution in [1.29, 1.82) is 0 Å². The summed E-state index contributed by atoms with van der Waals surface area (Å²) >= 11 is 1.66. The quantitative estimate of drug-likeness (QED) is 0.915. The molecule has 2 aromatic heterocycles. The minimum atomic E-state index is 0.106. The molecule has 2 aromatic rings. The van der Waals surface area contributed by atoms with E-state index in [9.17, 15) is 4.79 Å². The Labute approximate surface area is 110 Å². The summed E-state index contributed by atoms with van der Waals surface area (Å²) in [6.07, 6.45) is 2.49. The fourth-order valence-corrected chi connectivity index (χ4v) is 2.82. The van der Waals surface area contributed by atoms with E-state index in [4.69, 9.17) is 0 Å². The highest BCUT2D eigenvalue weighted by atomic mass is 32.1. The number of hydrogen-bond acceptors (Lipinski definition) is 3. The molecule has 1 aliphatic rings. The lowest BCUT2D eigenvalue weighted by atomic mass is 10.2. The average molecular weight is 260 g/mol. The van der Waals surface area contributed by atoms with Gasteiger partial charge in [-0.05, 0) is 30.4 Å². The molecule has 0 saturated heterocycles. The van der Waals surface area contributed by atoms with Gasteiger partial charge in [-0.2, -0.15) is 0 Å². The van der Waals surface area contributed by atoms with Crippen molar-refractivity contribution in [2.24, 2.45) is 7.05 Å². The molecule has 0 atom stereocenters. The molecule has 0 amide bonds. The first kappa shape index (κ1) is 11.7. The van der Waals surface area contributed by atoms with Crippen molar-refractivity contribution >= 4 is 11.3 Å². The van der Waals surface area contributed by atoms with Gasteiger partial charge in [0.25, 0.3) is 5.56 Å². The maximum absolute atomic E-state index is 12.2. The topological polar surface area (TPSA) is 34.0 Å². The summed E-state index contributed by atoms with van der Waals surface area (Å²) in [7, 11) is 1.85. The van der Waals surface area contributed by atoms with Crippen LogP contribution in [-0.2, 0) is 13.6 Å². The summed E-state index contributed by atoms with van der Waals surface area (Å²) in [5, 5.41) is 5.41. The highest BCUT2D eigenvalue weighted by Crippen LogP contribution is 2.23. The highest BCUT2D eigenvalue weighted by molar-refractivity contribution is 7.13. The Bertz CT molecular complexity index is 597. The lowest BCUT2D eigenvalue weighted by molar-refractivity contribution is 0.674. The summed E-state index contributed by atoms with van der Waals surface area (Å²) in [4.78, 5) is 13.4. The van der Waals surface area contributed by atoms with Crippen LogP contribution in [0.3, 0.4) is 0 Å². The van der Waals surface area contributed by atoms with Gasteiger partial charge < -0.3 is 9.88 Å². The van der Waals surface area contributed by atoms with Gasteiger partial charge in [-0.3, -0.25) is 4.79 Å². The zero-order valence-corrected chi connectivity index (χ0v) is 11.2. The summed E-state index contributed by atoms with van der Waals surface area (Å²) in [5.41, 5.74) is 1.95. The maximum atomic E-state index is 12.2. The molecule has 2 heterocycles. The summed E-state index contributed by atoms with van der Waals surface area (Å²) in [6.45, 7) is 0.683. The zero-order chi connectivity index (χ0) is 12.5. The molecule has 18 heavy (non-hydrogen) atoms. The molecule has 0 unspecified atom stereocenters. The Kier molecular flexibility index (Phi) is 3.06. The minimum Gasteiger partial charge on any atom is -0.310 e. The van der Waals surface area contributed by atoms with Crippen molar-refractivity contribution in [3.05, 3.63) is 45.6 Å². The first-order valence-corrected chi connectivity index (χ1v) is 7.10. The van der Waals surface area contributed by atoms with E-state index in [0.717, 1.165) is 16.1 Å². The maximum Gasteiger partial charge on any atom is 0.255 e. The van der Waals surface area contributed by atoms with Crippen LogP contribution in [0.5, 0.6) is 0 Å². The molecule has 0 radical (unpaired) electrons. The predicted octanol–water partition coefficient (Wildman–Crippen LogP) is 2.37. The smallest absolute Gasteiger partial charge is 0.255 e. The van der Waals surface area contributed by atoms with Gasteiger partial charge >= 0.3 is 0 Å². The molecule has 0 aromatic carbocycles. The van der Waals surface area contributed by atoms with E-state index in [1.807, 2.05) is 36.7 Å². The third-order valence-corrected chi connectivity index (χ3v) is 4.21. The normalized spacial score (nSPS) is 14.9. The Morgan fingerprint density at radius 3 is 2.89 bits per heavy atom. The number of pyridine rings is 1. The van der Waals surface area contributed by atoms with E-state index in [-0.39, 0.29) is 5.56 Å². The SMILES string of the molecule is Cn1c(-c2cccs2)ccc(CNC2CC2)c1=O. The zero-order valence-electron chi connectivity index (χ0n) is 10.3. The summed E-state index contributed by atoms with van der Waals surface area (Å²) in [6, 6.07) is 8.67. The largest absolute Gasteiger partial charge is 0.310 e. The summed E-state index contributed by atoms with van der Waals surface area (Å²) in [5.74, 6) is 0. The minimum absolute atomic E-state index is 0.106. The van der Waals surface area contributed by atoms with Gasteiger partial charge in [0.1, 0.15) is 0 Å². The molecule has 3 rings (SSSR count). The lowest BCUT2D eigenvalue weighted by Gasteiger charge is -2.09. The molecular formula is C14H16N2OS. The average Bonchev–Trinajstić information content (AvgIpc) is 3.04. The van der Waals surface area contributed by atoms with Gasteiger partial charge in [-0.15, -0.1) is 11.3 Å². The number of hydrogen-bond donors (Lipinski definition) is 1.